The molecule has 0 spiro atoms. The predicted molar refractivity (Wildman–Crippen MR) is 517 cm³/mol. The number of nitrogens with zero attached hydrogens (tertiary/aromatic N) is 5. The number of esters is 5. The molecule has 0 heterocycles. The molecular weight excluding hydrogens is 1630 g/mol. The second-order valence-electron chi connectivity index (χ2n) is 27.5. The summed E-state index contributed by atoms with van der Waals surface area (Å²) in [6, 6.07) is 10.6. The lowest BCUT2D eigenvalue weighted by atomic mass is 9.73. The van der Waals surface area contributed by atoms with E-state index in [1.165, 1.54) is 51.1 Å². The normalized spacial score (nSPS) is 32.5. The van der Waals surface area contributed by atoms with Crippen molar-refractivity contribution in [3.63, 3.8) is 0 Å². The summed E-state index contributed by atoms with van der Waals surface area (Å²) in [6.45, 7) is -18.7. The molecule has 20 heteroatoms. The maximum absolute atomic E-state index is 14.0. The van der Waals surface area contributed by atoms with Crippen LogP contribution in [0.2, 0.25) is 0 Å². The van der Waals surface area contributed by atoms with Crippen LogP contribution >= 0.6 is 0 Å². The van der Waals surface area contributed by atoms with Gasteiger partial charge in [0.25, 0.3) is 0 Å². The molecule has 5 fully saturated rings. The van der Waals surface area contributed by atoms with Crippen molar-refractivity contribution in [3.05, 3.63) is 179 Å². The summed E-state index contributed by atoms with van der Waals surface area (Å²) in [5.74, 6) is 0.598. The van der Waals surface area contributed by atoms with Gasteiger partial charge in [-0.2, -0.15) is 0 Å². The molecule has 20 nitrogen and oxygen atoms in total. The Kier molecular flexibility index (Phi) is 21.4. The number of hydrogen-bond acceptors (Lipinski definition) is 20. The molecule has 0 amide bonds. The maximum Gasteiger partial charge on any atom is 0.344 e. The number of benzene rings is 5. The number of rotatable bonds is 40. The standard InChI is InChI=1S/5C22H31NO3/c5*1-3-23(4-2)17-11-12-18-26-21(24)22(25,19-13-7-5-8-14-19)20-15-9-6-10-16-20/h5*5,7-8,13-14,20,25H,3-4,6,9-10,15-18H2,1-2H3/i5D,6D2,7D,8D,9D2,10D2,13D,14D,15D2,16D2,17D2,20D,25D;1D3,2D3,6D2,9D2,10D2,15D2,16D2,17D2,20D,25D;6D2,9D2,10D2,15D2,16D2,17D2,20D,25D;5D,7D,8D,13D,14D,17D2,25D;1D3,2D3,17D2,25D. The second-order valence-corrected chi connectivity index (χ2v) is 27.5. The first kappa shape index (κ1) is 45.3. The fourth-order valence-electron chi connectivity index (χ4n) is 12.5. The Hall–Kier alpha value is -9.15. The predicted octanol–water partition coefficient (Wildman–Crippen LogP) is 16.7. The molecule has 5 saturated carbocycles. The smallest absolute Gasteiger partial charge is 0.344 e. The SMILES string of the molecule is [2H]OC(C(=O)OCC#CC([2H])([2H])N(CC([2H])([2H])[2H])CC([2H])([2H])[2H])(c1ccccc1)C1([2H])C([2H])([2H])C([2H])([2H])C([2H])([2H])C([2H])([2H])C1([2H])[2H].[2H]OC(C(=O)OCC#CC([2H])([2H])N(CC([2H])([2H])[2H])CC([2H])([2H])[2H])(c1ccccc1)C1CCCCC1.[2H]OC(C(=O)OCC#CC([2H])([2H])N(CC)CC)(c1c([2H])c([2H])c([2H])c([2H])c1[2H])C1([2H])C([2H])([2H])C([2H])([2H])C([2H])([2H])C([2H])([2H])C1([2H])[2H].[2H]OC(C(=O)OCC#CC([2H])([2H])N(CC)CC)(c1c([2H])c([2H])c([2H])c([2H])c1[2H])C1CCCCC1.[2H]OC(C(=O)OCC#CC([2H])([2H])N(CC)CC)(c1ccccc1)C1([2H])C([2H])([2H])C([2H])([2H])C([2H])([2H])C([2H])([2H])C1([2H])[2H]. The van der Waals surface area contributed by atoms with Gasteiger partial charge in [0, 0.05) is 91.2 Å². The average molecular weight is 1860 g/mol. The molecule has 0 saturated heterocycles. The Labute approximate surface area is 879 Å². The number of carbonyl (C=O) groups is 5. The van der Waals surface area contributed by atoms with Crippen LogP contribution in [0.5, 0.6) is 0 Å². The molecule has 0 radical (unpaired) electrons. The van der Waals surface area contributed by atoms with E-state index in [1.807, 2.05) is 11.8 Å². The highest BCUT2D eigenvalue weighted by Gasteiger charge is 2.52. The third-order valence-electron chi connectivity index (χ3n) is 19.6. The lowest BCUT2D eigenvalue weighted by molar-refractivity contribution is -0.174. The second kappa shape index (κ2) is 61.5. The Morgan fingerprint density at radius 1 is 0.331 bits per heavy atom. The minimum Gasteiger partial charge on any atom is -0.450 e. The summed E-state index contributed by atoms with van der Waals surface area (Å²) in [5, 5.41) is 23.8. The molecule has 5 N–H and O–H groups in total. The Balaban J connectivity index is 0.000000377. The highest BCUT2D eigenvalue weighted by molar-refractivity contribution is 5.84. The fraction of sp³-hybridized carbons (Fsp3) is 0.591. The van der Waals surface area contributed by atoms with Crippen LogP contribution < -0.4 is 0 Å². The van der Waals surface area contributed by atoms with E-state index in [2.05, 4.69) is 62.7 Å². The summed E-state index contributed by atoms with van der Waals surface area (Å²) in [4.78, 5) is 73.3. The summed E-state index contributed by atoms with van der Waals surface area (Å²) in [6.07, 6.45) is -54.2. The average Bonchev–Trinajstić information content (AvgIpc) is 0.648. The first-order valence-corrected chi connectivity index (χ1v) is 41.4. The van der Waals surface area contributed by atoms with E-state index >= 15 is 0 Å². The van der Waals surface area contributed by atoms with Gasteiger partial charge < -0.3 is 49.2 Å². The van der Waals surface area contributed by atoms with Crippen molar-refractivity contribution in [2.45, 2.75) is 257 Å². The van der Waals surface area contributed by atoms with Crippen LogP contribution in [0.4, 0.5) is 0 Å². The van der Waals surface area contributed by atoms with Gasteiger partial charge >= 0.3 is 29.8 Å². The van der Waals surface area contributed by atoms with Crippen molar-refractivity contribution in [2.75, 3.05) is 131 Å². The van der Waals surface area contributed by atoms with Gasteiger partial charge in [0.05, 0.1) is 59.9 Å². The van der Waals surface area contributed by atoms with Crippen molar-refractivity contribution < 1.29 is 162 Å². The number of aliphatic hydroxyl groups is 5. The van der Waals surface area contributed by atoms with Gasteiger partial charge in [-0.05, 0) is 157 Å². The summed E-state index contributed by atoms with van der Waals surface area (Å²) in [7, 11) is 0. The molecule has 10 rings (SSSR count). The van der Waals surface area contributed by atoms with E-state index in [0.29, 0.717) is 67.2 Å². The van der Waals surface area contributed by atoms with Gasteiger partial charge in [0.1, 0.15) is 0 Å². The van der Waals surface area contributed by atoms with Crippen LogP contribution in [-0.4, -0.2) is 218 Å². The molecule has 0 aromatic heterocycles. The van der Waals surface area contributed by atoms with Gasteiger partial charge in [0.2, 0.25) is 7.16 Å². The fourth-order valence-corrected chi connectivity index (χ4v) is 12.5. The molecule has 5 aliphatic rings. The van der Waals surface area contributed by atoms with Crippen LogP contribution in [0, 0.1) is 88.7 Å². The lowest BCUT2D eigenvalue weighted by Gasteiger charge is -2.36. The van der Waals surface area contributed by atoms with Crippen molar-refractivity contribution in [1.29, 1.82) is 7.16 Å². The zero-order valence-corrected chi connectivity index (χ0v) is 72.9. The van der Waals surface area contributed by atoms with E-state index in [-0.39, 0.29) is 19.0 Å². The minimum absolute atomic E-state index is 0.201. The van der Waals surface area contributed by atoms with Crippen molar-refractivity contribution in [2.24, 2.45) is 29.5 Å². The van der Waals surface area contributed by atoms with Crippen molar-refractivity contribution in [1.82, 2.24) is 24.5 Å². The van der Waals surface area contributed by atoms with Crippen LogP contribution in [0.1, 0.15) is 346 Å². The largest absolute Gasteiger partial charge is 0.450 e. The molecule has 130 heavy (non-hydrogen) atoms. The Bertz CT molecular complexity index is 7600. The van der Waals surface area contributed by atoms with Crippen LogP contribution in [-0.2, 0) is 75.7 Å². The zero-order chi connectivity index (χ0) is 155. The first-order valence-electron chi connectivity index (χ1n) is 75.9. The molecule has 5 aliphatic carbocycles. The summed E-state index contributed by atoms with van der Waals surface area (Å²) < 4.78 is 593. The molecule has 0 aliphatic heterocycles. The molecule has 5 atom stereocenters. The van der Waals surface area contributed by atoms with E-state index in [4.69, 9.17) is 129 Å². The molecule has 5 aromatic rings. The highest BCUT2D eigenvalue weighted by atomic mass is 16.6. The molecule has 5 aromatic carbocycles. The first-order chi connectivity index (χ1) is 90.8. The van der Waals surface area contributed by atoms with E-state index in [1.54, 1.807) is 71.9 Å². The van der Waals surface area contributed by atoms with Crippen LogP contribution in [0.3, 0.4) is 0 Å². The maximum atomic E-state index is 14.0. The minimum atomic E-state index is -4.54. The van der Waals surface area contributed by atoms with Crippen LogP contribution in [0.15, 0.2) is 151 Å². The van der Waals surface area contributed by atoms with Crippen molar-refractivity contribution >= 4 is 29.8 Å². The Morgan fingerprint density at radius 3 is 0.800 bits per heavy atom. The number of carbonyl (C=O) groups excluding carboxylic acids is 5. The van der Waals surface area contributed by atoms with E-state index in [9.17, 15) is 25.3 Å². The Morgan fingerprint density at radius 2 is 0.554 bits per heavy atom. The molecule has 5 unspecified atom stereocenters. The quantitative estimate of drug-likeness (QED) is 0.0139. The molecule has 710 valence electrons. The number of hydrogen-bond donors (Lipinski definition) is 5. The number of ether oxygens (including phenoxy) is 5. The zero-order valence-electron chi connectivity index (χ0n) is 143. The molecular formula is C110H155N5O15. The highest BCUT2D eigenvalue weighted by Crippen LogP contribution is 2.46. The van der Waals surface area contributed by atoms with Crippen LogP contribution in [0.25, 0.3) is 0 Å². The van der Waals surface area contributed by atoms with Crippen molar-refractivity contribution in [3.8, 4) is 59.2 Å². The van der Waals surface area contributed by atoms with Gasteiger partial charge in [-0.15, -0.1) is 0 Å². The summed E-state index contributed by atoms with van der Waals surface area (Å²) in [5.41, 5.74) is -18.2. The van der Waals surface area contributed by atoms with Gasteiger partial charge in [-0.25, -0.2) is 24.0 Å². The third-order valence-corrected chi connectivity index (χ3v) is 19.6. The van der Waals surface area contributed by atoms with E-state index < -0.39 is 379 Å². The third kappa shape index (κ3) is 33.8. The summed E-state index contributed by atoms with van der Waals surface area (Å²) >= 11 is 0. The van der Waals surface area contributed by atoms with Gasteiger partial charge in [0.15, 0.2) is 61.0 Å². The monoisotopic (exact) mass is 1860 g/mol. The lowest BCUT2D eigenvalue weighted by Crippen LogP contribution is -2.45. The van der Waals surface area contributed by atoms with Gasteiger partial charge in [-0.3, -0.25) is 24.5 Å². The topological polar surface area (TPSA) is 249 Å². The van der Waals surface area contributed by atoms with E-state index in [0.717, 1.165) is 62.8 Å². The van der Waals surface area contributed by atoms with Gasteiger partial charge in [-0.1, -0.05) is 375 Å². The molecule has 0 bridgehead atoms.